The van der Waals surface area contributed by atoms with Gasteiger partial charge < -0.3 is 14.8 Å². The van der Waals surface area contributed by atoms with Crippen molar-refractivity contribution in [2.75, 3.05) is 13.6 Å². The smallest absolute Gasteiger partial charge is 0.194 e. The Morgan fingerprint density at radius 2 is 2.12 bits per heavy atom. The van der Waals surface area contributed by atoms with Gasteiger partial charge in [0.15, 0.2) is 11.8 Å². The Morgan fingerprint density at radius 3 is 2.88 bits per heavy atom. The highest BCUT2D eigenvalue weighted by atomic mass is 35.5. The first kappa shape index (κ1) is 16.8. The van der Waals surface area contributed by atoms with Crippen LogP contribution in [0.5, 0.6) is 0 Å². The second-order valence-corrected chi connectivity index (χ2v) is 6.38. The molecule has 6 nitrogen and oxygen atoms in total. The quantitative estimate of drug-likeness (QED) is 0.667. The minimum Gasteiger partial charge on any atom is -0.357 e. The van der Waals surface area contributed by atoms with Crippen molar-refractivity contribution >= 4 is 17.6 Å². The molecule has 0 amide bonds. The fraction of sp³-hybridized carbons (Fsp3) is 0.471. The molecular formula is C17H23ClN6. The van der Waals surface area contributed by atoms with Gasteiger partial charge in [-0.15, -0.1) is 10.2 Å². The van der Waals surface area contributed by atoms with Crippen molar-refractivity contribution in [1.82, 2.24) is 25.0 Å². The molecule has 3 rings (SSSR count). The summed E-state index contributed by atoms with van der Waals surface area (Å²) in [5, 5.41) is 12.6. The van der Waals surface area contributed by atoms with Crippen LogP contribution in [0.2, 0.25) is 5.02 Å². The van der Waals surface area contributed by atoms with E-state index in [4.69, 9.17) is 16.6 Å². The summed E-state index contributed by atoms with van der Waals surface area (Å²) >= 11 is 5.95. The lowest BCUT2D eigenvalue weighted by Crippen LogP contribution is -2.38. The number of guanidine groups is 1. The lowest BCUT2D eigenvalue weighted by molar-refractivity contribution is 0.476. The van der Waals surface area contributed by atoms with Gasteiger partial charge in [0.25, 0.3) is 0 Å². The van der Waals surface area contributed by atoms with E-state index in [-0.39, 0.29) is 0 Å². The molecule has 128 valence electrons. The highest BCUT2D eigenvalue weighted by molar-refractivity contribution is 6.30. The Hall–Kier alpha value is -2.08. The van der Waals surface area contributed by atoms with E-state index in [0.29, 0.717) is 6.54 Å². The number of hydrogen-bond acceptors (Lipinski definition) is 3. The van der Waals surface area contributed by atoms with Crippen molar-refractivity contribution < 1.29 is 0 Å². The summed E-state index contributed by atoms with van der Waals surface area (Å²) in [6.07, 6.45) is 2.17. The van der Waals surface area contributed by atoms with Gasteiger partial charge in [0.1, 0.15) is 12.4 Å². The van der Waals surface area contributed by atoms with Gasteiger partial charge in [0.2, 0.25) is 0 Å². The Labute approximate surface area is 147 Å². The van der Waals surface area contributed by atoms with Gasteiger partial charge in [-0.2, -0.15) is 0 Å². The summed E-state index contributed by atoms with van der Waals surface area (Å²) < 4.78 is 2.19. The highest BCUT2D eigenvalue weighted by Gasteiger charge is 2.17. The molecule has 2 aromatic rings. The first-order valence-corrected chi connectivity index (χ1v) is 8.70. The van der Waals surface area contributed by atoms with Crippen LogP contribution in [0.4, 0.5) is 0 Å². The Morgan fingerprint density at radius 1 is 1.33 bits per heavy atom. The molecule has 0 saturated heterocycles. The van der Waals surface area contributed by atoms with Crippen LogP contribution in [0.25, 0.3) is 0 Å². The molecule has 24 heavy (non-hydrogen) atoms. The molecule has 0 bridgehead atoms. The van der Waals surface area contributed by atoms with Gasteiger partial charge in [-0.3, -0.25) is 0 Å². The summed E-state index contributed by atoms with van der Waals surface area (Å²) in [6.45, 7) is 5.20. The second kappa shape index (κ2) is 7.66. The molecule has 0 saturated carbocycles. The zero-order chi connectivity index (χ0) is 16.9. The molecular weight excluding hydrogens is 324 g/mol. The summed E-state index contributed by atoms with van der Waals surface area (Å²) in [5.41, 5.74) is 1.19. The topological polar surface area (TPSA) is 58.3 Å². The molecule has 7 heteroatoms. The number of aliphatic imine (C=N–C) groups is 1. The van der Waals surface area contributed by atoms with E-state index in [1.54, 1.807) is 0 Å². The van der Waals surface area contributed by atoms with E-state index >= 15 is 0 Å². The fourth-order valence-electron chi connectivity index (χ4n) is 2.88. The zero-order valence-corrected chi connectivity index (χ0v) is 14.9. The van der Waals surface area contributed by atoms with Crippen LogP contribution in [0.3, 0.4) is 0 Å². The van der Waals surface area contributed by atoms with Crippen molar-refractivity contribution in [3.8, 4) is 0 Å². The number of halogens is 1. The molecule has 0 radical (unpaired) electrons. The molecule has 0 aliphatic carbocycles. The Kier molecular flexibility index (Phi) is 5.35. The Bertz CT molecular complexity index is 706. The maximum atomic E-state index is 5.95. The number of hydrogen-bond donors (Lipinski definition) is 1. The molecule has 1 aliphatic heterocycles. The maximum Gasteiger partial charge on any atom is 0.194 e. The van der Waals surface area contributed by atoms with E-state index in [1.165, 1.54) is 5.56 Å². The monoisotopic (exact) mass is 346 g/mol. The molecule has 1 aliphatic rings. The van der Waals surface area contributed by atoms with Crippen LogP contribution >= 0.6 is 11.6 Å². The first-order chi connectivity index (χ1) is 11.7. The molecule has 2 heterocycles. The van der Waals surface area contributed by atoms with E-state index in [1.807, 2.05) is 31.3 Å². The van der Waals surface area contributed by atoms with Gasteiger partial charge in [-0.05, 0) is 31.0 Å². The number of nitrogens with one attached hydrogen (secondary N) is 1. The predicted molar refractivity (Wildman–Crippen MR) is 96.1 cm³/mol. The molecule has 1 N–H and O–H groups in total. The molecule has 0 spiro atoms. The molecule has 0 atom stereocenters. The third-order valence-electron chi connectivity index (χ3n) is 4.09. The standard InChI is InChI=1S/C17H23ClN6/c1-3-19-17(23(2)12-13-6-8-14(18)9-7-13)20-11-16-22-21-15-5-4-10-24(15)16/h6-9H,3-5,10-12H2,1-2H3,(H,19,20). The van der Waals surface area contributed by atoms with Crippen LogP contribution < -0.4 is 5.32 Å². The van der Waals surface area contributed by atoms with Crippen molar-refractivity contribution in [3.63, 3.8) is 0 Å². The van der Waals surface area contributed by atoms with Crippen molar-refractivity contribution in [2.24, 2.45) is 4.99 Å². The predicted octanol–water partition coefficient (Wildman–Crippen LogP) is 2.48. The van der Waals surface area contributed by atoms with Gasteiger partial charge in [0.05, 0.1) is 0 Å². The fourth-order valence-corrected chi connectivity index (χ4v) is 3.01. The van der Waals surface area contributed by atoms with Gasteiger partial charge in [0, 0.05) is 38.1 Å². The molecule has 0 fully saturated rings. The number of aromatic nitrogens is 3. The van der Waals surface area contributed by atoms with Crippen LogP contribution in [0, 0.1) is 0 Å². The van der Waals surface area contributed by atoms with E-state index < -0.39 is 0 Å². The summed E-state index contributed by atoms with van der Waals surface area (Å²) in [5.74, 6) is 2.89. The van der Waals surface area contributed by atoms with Crippen molar-refractivity contribution in [2.45, 2.75) is 39.4 Å². The van der Waals surface area contributed by atoms with E-state index in [0.717, 1.165) is 55.1 Å². The zero-order valence-electron chi connectivity index (χ0n) is 14.2. The molecule has 1 aromatic carbocycles. The van der Waals surface area contributed by atoms with Gasteiger partial charge in [-0.1, -0.05) is 23.7 Å². The number of fused-ring (bicyclic) bond motifs is 1. The Balaban J connectivity index is 1.69. The number of aryl methyl sites for hydroxylation is 1. The number of rotatable bonds is 5. The minimum atomic E-state index is 0.542. The van der Waals surface area contributed by atoms with Crippen LogP contribution in [-0.2, 0) is 26.1 Å². The van der Waals surface area contributed by atoms with Crippen LogP contribution in [0.15, 0.2) is 29.3 Å². The van der Waals surface area contributed by atoms with Gasteiger partial charge >= 0.3 is 0 Å². The summed E-state index contributed by atoms with van der Waals surface area (Å²) in [7, 11) is 2.03. The minimum absolute atomic E-state index is 0.542. The lowest BCUT2D eigenvalue weighted by Gasteiger charge is -2.22. The lowest BCUT2D eigenvalue weighted by atomic mass is 10.2. The second-order valence-electron chi connectivity index (χ2n) is 5.94. The third-order valence-corrected chi connectivity index (χ3v) is 4.34. The van der Waals surface area contributed by atoms with Crippen LogP contribution in [-0.4, -0.2) is 39.2 Å². The van der Waals surface area contributed by atoms with Gasteiger partial charge in [-0.25, -0.2) is 4.99 Å². The number of nitrogens with zero attached hydrogens (tertiary/aromatic N) is 5. The van der Waals surface area contributed by atoms with Crippen LogP contribution in [0.1, 0.15) is 30.6 Å². The van der Waals surface area contributed by atoms with E-state index in [2.05, 4.69) is 31.9 Å². The van der Waals surface area contributed by atoms with Crippen molar-refractivity contribution in [1.29, 1.82) is 0 Å². The highest BCUT2D eigenvalue weighted by Crippen LogP contribution is 2.15. The average molecular weight is 347 g/mol. The third kappa shape index (κ3) is 3.87. The summed E-state index contributed by atoms with van der Waals surface area (Å²) in [4.78, 5) is 6.83. The molecule has 0 unspecified atom stereocenters. The normalized spacial score (nSPS) is 13.9. The van der Waals surface area contributed by atoms with E-state index in [9.17, 15) is 0 Å². The SMILES string of the molecule is CCNC(=NCc1nnc2n1CCC2)N(C)Cc1ccc(Cl)cc1. The molecule has 1 aromatic heterocycles. The number of benzene rings is 1. The summed E-state index contributed by atoms with van der Waals surface area (Å²) in [6, 6.07) is 7.89. The maximum absolute atomic E-state index is 5.95. The first-order valence-electron chi connectivity index (χ1n) is 8.32. The van der Waals surface area contributed by atoms with Crippen molar-refractivity contribution in [3.05, 3.63) is 46.5 Å². The average Bonchev–Trinajstić information content (AvgIpc) is 3.17. The largest absolute Gasteiger partial charge is 0.357 e.